The predicted molar refractivity (Wildman–Crippen MR) is 44.4 cm³/mol. The van der Waals surface area contributed by atoms with Crippen LogP contribution in [0.5, 0.6) is 0 Å². The van der Waals surface area contributed by atoms with Gasteiger partial charge in [0.25, 0.3) is 5.91 Å². The molecule has 0 saturated carbocycles. The molecule has 0 aliphatic rings. The fraction of sp³-hybridized carbons (Fsp3) is 0.222. The van der Waals surface area contributed by atoms with E-state index in [4.69, 9.17) is 4.84 Å². The van der Waals surface area contributed by atoms with E-state index in [2.05, 4.69) is 6.07 Å². The molecule has 0 aliphatic carbocycles. The molecule has 0 N–H and O–H groups in total. The first-order chi connectivity index (χ1) is 5.75. The lowest BCUT2D eigenvalue weighted by molar-refractivity contribution is -0.0757. The summed E-state index contributed by atoms with van der Waals surface area (Å²) in [6.45, 7) is 0. The van der Waals surface area contributed by atoms with E-state index in [0.29, 0.717) is 5.56 Å². The third-order valence-electron chi connectivity index (χ3n) is 1.50. The number of hydrogen-bond acceptors (Lipinski definition) is 2. The van der Waals surface area contributed by atoms with Crippen molar-refractivity contribution in [3.05, 3.63) is 35.9 Å². The Morgan fingerprint density at radius 1 is 1.58 bits per heavy atom. The Morgan fingerprint density at radius 3 is 2.83 bits per heavy atom. The highest BCUT2D eigenvalue weighted by molar-refractivity contribution is 5.92. The van der Waals surface area contributed by atoms with Gasteiger partial charge >= 0.3 is 0 Å². The molecule has 0 spiro atoms. The molecule has 3 heteroatoms. The number of amides is 1. The number of benzene rings is 1. The summed E-state index contributed by atoms with van der Waals surface area (Å²) in [5, 5.41) is 1.16. The molecule has 0 bridgehead atoms. The topological polar surface area (TPSA) is 29.5 Å². The van der Waals surface area contributed by atoms with Crippen molar-refractivity contribution in [3.63, 3.8) is 0 Å². The van der Waals surface area contributed by atoms with Gasteiger partial charge in [0.15, 0.2) is 0 Å². The zero-order valence-corrected chi connectivity index (χ0v) is 7.07. The predicted octanol–water partition coefficient (Wildman–Crippen LogP) is 1.12. The Balaban J connectivity index is 2.79. The van der Waals surface area contributed by atoms with Crippen molar-refractivity contribution >= 4 is 5.91 Å². The maximum absolute atomic E-state index is 11.3. The minimum atomic E-state index is -0.196. The highest BCUT2D eigenvalue weighted by Crippen LogP contribution is 2.01. The van der Waals surface area contributed by atoms with E-state index >= 15 is 0 Å². The smallest absolute Gasteiger partial charge is 0.274 e. The van der Waals surface area contributed by atoms with Crippen LogP contribution in [0.2, 0.25) is 0 Å². The van der Waals surface area contributed by atoms with Gasteiger partial charge in [-0.2, -0.15) is 0 Å². The van der Waals surface area contributed by atoms with E-state index in [1.165, 1.54) is 7.11 Å². The molecule has 1 radical (unpaired) electrons. The van der Waals surface area contributed by atoms with Gasteiger partial charge in [-0.05, 0) is 12.1 Å². The number of hydroxylamine groups is 2. The molecule has 1 amide bonds. The lowest BCUT2D eigenvalue weighted by Crippen LogP contribution is -2.25. The average molecular weight is 164 g/mol. The summed E-state index contributed by atoms with van der Waals surface area (Å²) in [5.74, 6) is -0.196. The summed E-state index contributed by atoms with van der Waals surface area (Å²) in [7, 11) is 3.00. The highest BCUT2D eigenvalue weighted by Gasteiger charge is 2.09. The standard InChI is InChI=1S/C9H10NO2/c1-10(12-2)9(11)8-6-4-3-5-7-8/h3-6H,1-2H3. The molecule has 0 aromatic heterocycles. The van der Waals surface area contributed by atoms with E-state index in [1.54, 1.807) is 25.2 Å². The van der Waals surface area contributed by atoms with Gasteiger partial charge in [0.2, 0.25) is 0 Å². The van der Waals surface area contributed by atoms with Gasteiger partial charge in [-0.1, -0.05) is 18.2 Å². The SMILES string of the molecule is CON(C)C(=O)c1[c]cccc1. The second kappa shape index (κ2) is 3.88. The van der Waals surface area contributed by atoms with Crippen LogP contribution in [-0.4, -0.2) is 25.1 Å². The Hall–Kier alpha value is -1.35. The van der Waals surface area contributed by atoms with E-state index in [1.807, 2.05) is 6.07 Å². The normalized spacial score (nSPS) is 9.50. The minimum absolute atomic E-state index is 0.196. The van der Waals surface area contributed by atoms with Gasteiger partial charge in [0, 0.05) is 12.6 Å². The summed E-state index contributed by atoms with van der Waals surface area (Å²) in [5.41, 5.74) is 0.502. The average Bonchev–Trinajstić information content (AvgIpc) is 2.17. The van der Waals surface area contributed by atoms with Gasteiger partial charge < -0.3 is 0 Å². The molecule has 0 fully saturated rings. The zero-order chi connectivity index (χ0) is 8.97. The second-order valence-electron chi connectivity index (χ2n) is 2.26. The van der Waals surface area contributed by atoms with Gasteiger partial charge in [-0.15, -0.1) is 0 Å². The zero-order valence-electron chi connectivity index (χ0n) is 7.07. The second-order valence-corrected chi connectivity index (χ2v) is 2.26. The van der Waals surface area contributed by atoms with Crippen molar-refractivity contribution in [2.75, 3.05) is 14.2 Å². The van der Waals surface area contributed by atoms with Gasteiger partial charge in [0.1, 0.15) is 0 Å². The first-order valence-electron chi connectivity index (χ1n) is 3.54. The van der Waals surface area contributed by atoms with Gasteiger partial charge in [-0.3, -0.25) is 9.63 Å². The largest absolute Gasteiger partial charge is 0.277 e. The fourth-order valence-electron chi connectivity index (χ4n) is 0.779. The van der Waals surface area contributed by atoms with Crippen LogP contribution in [0.25, 0.3) is 0 Å². The molecule has 0 aliphatic heterocycles. The Kier molecular flexibility index (Phi) is 2.82. The van der Waals surface area contributed by atoms with E-state index in [0.717, 1.165) is 5.06 Å². The lowest BCUT2D eigenvalue weighted by Gasteiger charge is -2.12. The Morgan fingerprint density at radius 2 is 2.33 bits per heavy atom. The Bertz CT molecular complexity index is 258. The molecular formula is C9H10NO2. The maximum atomic E-state index is 11.3. The molecule has 0 atom stereocenters. The molecule has 0 unspecified atom stereocenters. The van der Waals surface area contributed by atoms with Crippen LogP contribution in [0.3, 0.4) is 0 Å². The summed E-state index contributed by atoms with van der Waals surface area (Å²) < 4.78 is 0. The van der Waals surface area contributed by atoms with Crippen LogP contribution in [0.1, 0.15) is 10.4 Å². The van der Waals surface area contributed by atoms with Crippen molar-refractivity contribution in [2.24, 2.45) is 0 Å². The van der Waals surface area contributed by atoms with Crippen molar-refractivity contribution in [1.29, 1.82) is 0 Å². The molecular weight excluding hydrogens is 154 g/mol. The summed E-state index contributed by atoms with van der Waals surface area (Å²) in [4.78, 5) is 16.1. The monoisotopic (exact) mass is 164 g/mol. The molecule has 0 heterocycles. The molecule has 1 rings (SSSR count). The van der Waals surface area contributed by atoms with Crippen LogP contribution in [-0.2, 0) is 4.84 Å². The summed E-state index contributed by atoms with van der Waals surface area (Å²) in [6.07, 6.45) is 0. The third-order valence-corrected chi connectivity index (χ3v) is 1.50. The molecule has 0 saturated heterocycles. The van der Waals surface area contributed by atoms with Crippen molar-refractivity contribution in [1.82, 2.24) is 5.06 Å². The van der Waals surface area contributed by atoms with Crippen LogP contribution < -0.4 is 0 Å². The van der Waals surface area contributed by atoms with Crippen LogP contribution in [0.4, 0.5) is 0 Å². The molecule has 12 heavy (non-hydrogen) atoms. The first kappa shape index (κ1) is 8.74. The van der Waals surface area contributed by atoms with Crippen molar-refractivity contribution in [3.8, 4) is 0 Å². The molecule has 1 aromatic carbocycles. The Labute approximate surface area is 71.5 Å². The van der Waals surface area contributed by atoms with E-state index in [-0.39, 0.29) is 5.91 Å². The number of rotatable bonds is 2. The highest BCUT2D eigenvalue weighted by atomic mass is 16.7. The molecule has 3 nitrogen and oxygen atoms in total. The van der Waals surface area contributed by atoms with Crippen LogP contribution >= 0.6 is 0 Å². The first-order valence-corrected chi connectivity index (χ1v) is 3.54. The quantitative estimate of drug-likeness (QED) is 0.613. The number of carbonyl (C=O) groups excluding carboxylic acids is 1. The lowest BCUT2D eigenvalue weighted by atomic mass is 10.2. The van der Waals surface area contributed by atoms with Gasteiger partial charge in [-0.25, -0.2) is 5.06 Å². The summed E-state index contributed by atoms with van der Waals surface area (Å²) >= 11 is 0. The van der Waals surface area contributed by atoms with E-state index < -0.39 is 0 Å². The van der Waals surface area contributed by atoms with Crippen molar-refractivity contribution < 1.29 is 9.63 Å². The number of hydrogen-bond donors (Lipinski definition) is 0. The number of carbonyl (C=O) groups is 1. The van der Waals surface area contributed by atoms with Crippen LogP contribution in [0, 0.1) is 6.07 Å². The van der Waals surface area contributed by atoms with Crippen LogP contribution in [0.15, 0.2) is 24.3 Å². The molecule has 1 aromatic rings. The number of nitrogens with zero attached hydrogens (tertiary/aromatic N) is 1. The minimum Gasteiger partial charge on any atom is -0.274 e. The molecule has 63 valence electrons. The van der Waals surface area contributed by atoms with E-state index in [9.17, 15) is 4.79 Å². The third kappa shape index (κ3) is 1.83. The summed E-state index contributed by atoms with van der Waals surface area (Å²) in [6, 6.07) is 9.79. The van der Waals surface area contributed by atoms with Crippen molar-refractivity contribution in [2.45, 2.75) is 0 Å². The van der Waals surface area contributed by atoms with Gasteiger partial charge in [0.05, 0.1) is 7.11 Å². The fourth-order valence-corrected chi connectivity index (χ4v) is 0.779. The maximum Gasteiger partial charge on any atom is 0.277 e.